The lowest BCUT2D eigenvalue weighted by molar-refractivity contribution is 0.195. The number of hydrogen-bond acceptors (Lipinski definition) is 3. The van der Waals surface area contributed by atoms with Crippen LogP contribution in [0, 0.1) is 0 Å². The zero-order valence-corrected chi connectivity index (χ0v) is 11.8. The second-order valence-electron chi connectivity index (χ2n) is 3.76. The highest BCUT2D eigenvalue weighted by Gasteiger charge is 1.91. The summed E-state index contributed by atoms with van der Waals surface area (Å²) in [5.74, 6) is 0. The molecular weight excluding hydrogens is 258 g/mol. The summed E-state index contributed by atoms with van der Waals surface area (Å²) < 4.78 is 4.94. The van der Waals surface area contributed by atoms with Crippen molar-refractivity contribution >= 4 is 29.6 Å². The molecule has 0 saturated carbocycles. The van der Waals surface area contributed by atoms with Crippen LogP contribution < -0.4 is 10.7 Å². The van der Waals surface area contributed by atoms with Gasteiger partial charge in [0, 0.05) is 26.5 Å². The van der Waals surface area contributed by atoms with E-state index in [1.807, 2.05) is 42.5 Å². The molecule has 0 aromatic heterocycles. The molecule has 1 aromatic rings. The Hall–Kier alpha value is -1.72. The molecule has 19 heavy (non-hydrogen) atoms. The van der Waals surface area contributed by atoms with E-state index < -0.39 is 0 Å². The van der Waals surface area contributed by atoms with E-state index in [9.17, 15) is 0 Å². The Balaban J connectivity index is 2.16. The number of benzene rings is 1. The van der Waals surface area contributed by atoms with E-state index in [1.54, 1.807) is 13.3 Å². The summed E-state index contributed by atoms with van der Waals surface area (Å²) in [4.78, 5) is 0. The van der Waals surface area contributed by atoms with E-state index in [4.69, 9.17) is 17.0 Å². The van der Waals surface area contributed by atoms with Crippen LogP contribution in [0.25, 0.3) is 6.08 Å². The Kier molecular flexibility index (Phi) is 8.25. The highest BCUT2D eigenvalue weighted by Crippen LogP contribution is 1.99. The van der Waals surface area contributed by atoms with Gasteiger partial charge in [-0.05, 0) is 30.3 Å². The fourth-order valence-electron chi connectivity index (χ4n) is 1.32. The molecule has 0 unspecified atom stereocenters. The van der Waals surface area contributed by atoms with Gasteiger partial charge < -0.3 is 10.1 Å². The number of methoxy groups -OCH3 is 1. The van der Waals surface area contributed by atoms with Gasteiger partial charge in [0.05, 0.1) is 0 Å². The van der Waals surface area contributed by atoms with Crippen LogP contribution in [-0.2, 0) is 4.74 Å². The maximum absolute atomic E-state index is 5.05. The van der Waals surface area contributed by atoms with Crippen molar-refractivity contribution < 1.29 is 4.74 Å². The largest absolute Gasteiger partial charge is 0.385 e. The number of nitrogens with one attached hydrogen (secondary N) is 2. The molecule has 5 heteroatoms. The topological polar surface area (TPSA) is 45.6 Å². The lowest BCUT2D eigenvalue weighted by atomic mass is 10.2. The van der Waals surface area contributed by atoms with Gasteiger partial charge in [-0.15, -0.1) is 0 Å². The van der Waals surface area contributed by atoms with Crippen LogP contribution in [0.4, 0.5) is 0 Å². The molecule has 0 aliphatic rings. The molecule has 0 saturated heterocycles. The number of allylic oxidation sites excluding steroid dienone is 1. The molecule has 0 fully saturated rings. The number of rotatable bonds is 7. The Morgan fingerprint density at radius 3 is 2.89 bits per heavy atom. The molecule has 0 heterocycles. The predicted octanol–water partition coefficient (Wildman–Crippen LogP) is 2.19. The second kappa shape index (κ2) is 10.2. The van der Waals surface area contributed by atoms with Crippen molar-refractivity contribution in [2.45, 2.75) is 6.42 Å². The SMILES string of the molecule is COCCCNC(=S)N/N=C/C=C/c1ccccc1. The monoisotopic (exact) mass is 277 g/mol. The van der Waals surface area contributed by atoms with Crippen molar-refractivity contribution in [1.82, 2.24) is 10.7 Å². The van der Waals surface area contributed by atoms with Gasteiger partial charge in [-0.25, -0.2) is 0 Å². The van der Waals surface area contributed by atoms with Crippen LogP contribution in [0.2, 0.25) is 0 Å². The molecule has 2 N–H and O–H groups in total. The minimum absolute atomic E-state index is 0.514. The van der Waals surface area contributed by atoms with Gasteiger partial charge in [0.15, 0.2) is 5.11 Å². The van der Waals surface area contributed by atoms with Crippen molar-refractivity contribution in [2.75, 3.05) is 20.3 Å². The minimum atomic E-state index is 0.514. The van der Waals surface area contributed by atoms with Crippen LogP contribution in [0.3, 0.4) is 0 Å². The maximum Gasteiger partial charge on any atom is 0.186 e. The molecule has 0 spiro atoms. The van der Waals surface area contributed by atoms with Crippen molar-refractivity contribution in [3.05, 3.63) is 42.0 Å². The van der Waals surface area contributed by atoms with Crippen LogP contribution in [-0.4, -0.2) is 31.6 Å². The summed E-state index contributed by atoms with van der Waals surface area (Å²) in [6, 6.07) is 10.0. The van der Waals surface area contributed by atoms with E-state index in [0.717, 1.165) is 25.1 Å². The predicted molar refractivity (Wildman–Crippen MR) is 84.2 cm³/mol. The van der Waals surface area contributed by atoms with Gasteiger partial charge in [-0.3, -0.25) is 5.43 Å². The Labute approximate surface area is 119 Å². The zero-order valence-electron chi connectivity index (χ0n) is 11.0. The van der Waals surface area contributed by atoms with Crippen molar-refractivity contribution in [3.8, 4) is 0 Å². The summed E-state index contributed by atoms with van der Waals surface area (Å²) in [6.45, 7) is 1.49. The second-order valence-corrected chi connectivity index (χ2v) is 4.17. The first-order valence-corrected chi connectivity index (χ1v) is 6.51. The number of nitrogens with zero attached hydrogens (tertiary/aromatic N) is 1. The number of hydrogen-bond donors (Lipinski definition) is 2. The molecule has 4 nitrogen and oxygen atoms in total. The fraction of sp³-hybridized carbons (Fsp3) is 0.286. The number of thiocarbonyl (C=S) groups is 1. The highest BCUT2D eigenvalue weighted by molar-refractivity contribution is 7.80. The Morgan fingerprint density at radius 2 is 2.16 bits per heavy atom. The lowest BCUT2D eigenvalue weighted by Crippen LogP contribution is -2.32. The number of hydrazone groups is 1. The summed E-state index contributed by atoms with van der Waals surface area (Å²) in [5.41, 5.74) is 3.88. The first-order chi connectivity index (χ1) is 9.33. The van der Waals surface area contributed by atoms with E-state index in [0.29, 0.717) is 5.11 Å². The first-order valence-electron chi connectivity index (χ1n) is 6.10. The van der Waals surface area contributed by atoms with E-state index >= 15 is 0 Å². The third kappa shape index (κ3) is 8.07. The van der Waals surface area contributed by atoms with E-state index in [1.165, 1.54) is 0 Å². The molecular formula is C14H19N3OS. The summed E-state index contributed by atoms with van der Waals surface area (Å²) in [5, 5.41) is 7.53. The van der Waals surface area contributed by atoms with Crippen molar-refractivity contribution in [1.29, 1.82) is 0 Å². The maximum atomic E-state index is 5.05. The third-order valence-electron chi connectivity index (χ3n) is 2.23. The normalized spacial score (nSPS) is 11.0. The average Bonchev–Trinajstić information content (AvgIpc) is 2.44. The molecule has 0 aliphatic heterocycles. The molecule has 0 aliphatic carbocycles. The fourth-order valence-corrected chi connectivity index (χ4v) is 1.47. The van der Waals surface area contributed by atoms with Crippen molar-refractivity contribution in [3.63, 3.8) is 0 Å². The molecule has 102 valence electrons. The molecule has 1 aromatic carbocycles. The van der Waals surface area contributed by atoms with Gasteiger partial charge in [-0.2, -0.15) is 5.10 Å². The zero-order chi connectivity index (χ0) is 13.8. The van der Waals surface area contributed by atoms with Crippen LogP contribution in [0.1, 0.15) is 12.0 Å². The summed E-state index contributed by atoms with van der Waals surface area (Å²) >= 11 is 5.05. The van der Waals surface area contributed by atoms with Crippen molar-refractivity contribution in [2.24, 2.45) is 5.10 Å². The third-order valence-corrected chi connectivity index (χ3v) is 2.46. The molecule has 0 atom stereocenters. The van der Waals surface area contributed by atoms with Gasteiger partial charge >= 0.3 is 0 Å². The van der Waals surface area contributed by atoms with Gasteiger partial charge in [0.1, 0.15) is 0 Å². The summed E-state index contributed by atoms with van der Waals surface area (Å²) in [6.07, 6.45) is 6.40. The average molecular weight is 277 g/mol. The quantitative estimate of drug-likeness (QED) is 0.347. The molecule has 0 radical (unpaired) electrons. The standard InChI is InChI=1S/C14H19N3OS/c1-18-12-6-10-15-14(19)17-16-11-5-9-13-7-3-2-4-8-13/h2-5,7-9,11H,6,10,12H2,1H3,(H2,15,17,19)/b9-5+,16-11+. The Morgan fingerprint density at radius 1 is 1.37 bits per heavy atom. The first kappa shape index (κ1) is 15.3. The van der Waals surface area contributed by atoms with Gasteiger partial charge in [-0.1, -0.05) is 36.4 Å². The van der Waals surface area contributed by atoms with Crippen LogP contribution >= 0.6 is 12.2 Å². The Bertz CT molecular complexity index is 418. The molecule has 1 rings (SSSR count). The highest BCUT2D eigenvalue weighted by atomic mass is 32.1. The van der Waals surface area contributed by atoms with Gasteiger partial charge in [0.2, 0.25) is 0 Å². The molecule has 0 bridgehead atoms. The lowest BCUT2D eigenvalue weighted by Gasteiger charge is -2.05. The summed E-state index contributed by atoms with van der Waals surface area (Å²) in [7, 11) is 1.68. The molecule has 0 amide bonds. The van der Waals surface area contributed by atoms with E-state index in [-0.39, 0.29) is 0 Å². The van der Waals surface area contributed by atoms with E-state index in [2.05, 4.69) is 15.8 Å². The van der Waals surface area contributed by atoms with Crippen LogP contribution in [0.5, 0.6) is 0 Å². The minimum Gasteiger partial charge on any atom is -0.385 e. The smallest absolute Gasteiger partial charge is 0.186 e. The number of ether oxygens (including phenoxy) is 1. The van der Waals surface area contributed by atoms with Crippen LogP contribution in [0.15, 0.2) is 41.5 Å². The van der Waals surface area contributed by atoms with Gasteiger partial charge in [0.25, 0.3) is 0 Å².